The zero-order chi connectivity index (χ0) is 21.9. The summed E-state index contributed by atoms with van der Waals surface area (Å²) in [6, 6.07) is 30.2. The fraction of sp³-hybridized carbons (Fsp3) is 0.115. The molecule has 0 spiro atoms. The van der Waals surface area contributed by atoms with Crippen LogP contribution in [-0.2, 0) is 9.53 Å². The van der Waals surface area contributed by atoms with Crippen LogP contribution in [0.1, 0.15) is 6.42 Å². The molecule has 1 N–H and O–H groups in total. The molecule has 0 radical (unpaired) electrons. The number of benzene rings is 3. The van der Waals surface area contributed by atoms with Gasteiger partial charge in [0.2, 0.25) is 0 Å². The lowest BCUT2D eigenvalue weighted by molar-refractivity contribution is -0.111. The number of carbonyl (C=O) groups excluding carboxylic acids is 2. The molecule has 3 aromatic carbocycles. The molecular weight excluding hydrogens is 405 g/mol. The SMILES string of the molecule is C=CCCOC(=O)NCC(=O)C=P(c1ccccc1)(c1ccccc1)c1ccccc1. The summed E-state index contributed by atoms with van der Waals surface area (Å²) in [7, 11) is 0. The van der Waals surface area contributed by atoms with E-state index in [4.69, 9.17) is 4.74 Å². The Morgan fingerprint density at radius 1 is 0.806 bits per heavy atom. The van der Waals surface area contributed by atoms with Gasteiger partial charge in [-0.25, -0.2) is 4.79 Å². The van der Waals surface area contributed by atoms with Crippen LogP contribution in [-0.4, -0.2) is 30.8 Å². The van der Waals surface area contributed by atoms with Gasteiger partial charge in [0.25, 0.3) is 0 Å². The molecule has 0 aliphatic rings. The van der Waals surface area contributed by atoms with Gasteiger partial charge in [-0.2, -0.15) is 0 Å². The molecule has 4 nitrogen and oxygen atoms in total. The normalized spacial score (nSPS) is 10.7. The van der Waals surface area contributed by atoms with Crippen molar-refractivity contribution in [1.29, 1.82) is 0 Å². The largest absolute Gasteiger partial charge is 0.449 e. The quantitative estimate of drug-likeness (QED) is 0.320. The summed E-state index contributed by atoms with van der Waals surface area (Å²) in [6.45, 7) is 1.33. The van der Waals surface area contributed by atoms with E-state index >= 15 is 0 Å². The van der Waals surface area contributed by atoms with Crippen LogP contribution in [0.4, 0.5) is 4.79 Å². The van der Waals surface area contributed by atoms with Crippen LogP contribution in [0, 0.1) is 0 Å². The minimum Gasteiger partial charge on any atom is -0.449 e. The van der Waals surface area contributed by atoms with Crippen molar-refractivity contribution < 1.29 is 14.3 Å². The van der Waals surface area contributed by atoms with Crippen LogP contribution < -0.4 is 21.2 Å². The van der Waals surface area contributed by atoms with Gasteiger partial charge < -0.3 is 10.1 Å². The average molecular weight is 431 g/mol. The minimum absolute atomic E-state index is 0.124. The average Bonchev–Trinajstić information content (AvgIpc) is 2.83. The molecule has 0 bridgehead atoms. The Hall–Kier alpha value is -3.36. The third-order valence-electron chi connectivity index (χ3n) is 4.79. The molecule has 0 heterocycles. The standard InChI is InChI=1S/C26H26NO3P/c1-2-3-19-30-26(29)27-20-22(28)21-31(23-13-7-4-8-14-23,24-15-9-5-10-16-24)25-17-11-6-12-18-25/h2,4-18,21H,1,3,19-20H2,(H,27,29). The van der Waals surface area contributed by atoms with Gasteiger partial charge in [-0.05, 0) is 35.0 Å². The highest BCUT2D eigenvalue weighted by Gasteiger charge is 2.26. The highest BCUT2D eigenvalue weighted by molar-refractivity contribution is 7.95. The van der Waals surface area contributed by atoms with Crippen molar-refractivity contribution in [1.82, 2.24) is 5.32 Å². The van der Waals surface area contributed by atoms with Crippen LogP contribution in [0.25, 0.3) is 0 Å². The van der Waals surface area contributed by atoms with Crippen LogP contribution in [0.15, 0.2) is 104 Å². The maximum atomic E-state index is 13.1. The summed E-state index contributed by atoms with van der Waals surface area (Å²) in [5, 5.41) is 5.79. The first-order valence-corrected chi connectivity index (χ1v) is 12.0. The Morgan fingerprint density at radius 2 is 1.26 bits per heavy atom. The second kappa shape index (κ2) is 11.1. The number of alkyl carbamates (subject to hydrolysis) is 1. The van der Waals surface area contributed by atoms with E-state index < -0.39 is 13.0 Å². The van der Waals surface area contributed by atoms with Crippen LogP contribution in [0.3, 0.4) is 0 Å². The molecule has 31 heavy (non-hydrogen) atoms. The Morgan fingerprint density at radius 3 is 1.68 bits per heavy atom. The predicted octanol–water partition coefficient (Wildman–Crippen LogP) is 3.65. The van der Waals surface area contributed by atoms with E-state index in [-0.39, 0.29) is 18.9 Å². The molecule has 0 unspecified atom stereocenters. The number of nitrogens with one attached hydrogen (secondary N) is 1. The highest BCUT2D eigenvalue weighted by Crippen LogP contribution is 2.43. The first-order chi connectivity index (χ1) is 15.2. The van der Waals surface area contributed by atoms with E-state index in [1.807, 2.05) is 54.6 Å². The second-order valence-electron chi connectivity index (χ2n) is 6.89. The number of carbonyl (C=O) groups is 2. The smallest absolute Gasteiger partial charge is 0.407 e. The van der Waals surface area contributed by atoms with Crippen molar-refractivity contribution in [2.75, 3.05) is 13.2 Å². The number of Topliss-reactive ketones (excluding diaryl/α,β-unsaturated/α-hetero) is 1. The third kappa shape index (κ3) is 5.62. The van der Waals surface area contributed by atoms with Crippen molar-refractivity contribution in [2.24, 2.45) is 0 Å². The molecule has 0 atom stereocenters. The van der Waals surface area contributed by atoms with E-state index in [0.29, 0.717) is 6.42 Å². The molecule has 0 aliphatic carbocycles. The number of rotatable bonds is 9. The maximum Gasteiger partial charge on any atom is 0.407 e. The first kappa shape index (κ1) is 22.3. The summed E-state index contributed by atoms with van der Waals surface area (Å²) < 4.78 is 5.04. The van der Waals surface area contributed by atoms with Gasteiger partial charge in [0, 0.05) is 0 Å². The summed E-state index contributed by atoms with van der Waals surface area (Å²) in [4.78, 5) is 25.0. The van der Waals surface area contributed by atoms with Gasteiger partial charge in [-0.3, -0.25) is 4.79 Å². The van der Waals surface area contributed by atoms with Gasteiger partial charge in [-0.1, -0.05) is 97.1 Å². The maximum absolute atomic E-state index is 13.1. The summed E-state index contributed by atoms with van der Waals surface area (Å²) >= 11 is 0. The van der Waals surface area contributed by atoms with Crippen molar-refractivity contribution in [3.8, 4) is 0 Å². The Bertz CT molecular complexity index is 960. The zero-order valence-corrected chi connectivity index (χ0v) is 18.2. The molecule has 0 aromatic heterocycles. The number of hydrogen-bond acceptors (Lipinski definition) is 3. The second-order valence-corrected chi connectivity index (χ2v) is 10.1. The molecule has 3 aromatic rings. The highest BCUT2D eigenvalue weighted by atomic mass is 31.2. The third-order valence-corrected chi connectivity index (χ3v) is 8.80. The first-order valence-electron chi connectivity index (χ1n) is 10.1. The molecular formula is C26H26NO3P. The molecule has 0 saturated carbocycles. The fourth-order valence-electron chi connectivity index (χ4n) is 3.37. The van der Waals surface area contributed by atoms with Crippen molar-refractivity contribution >= 4 is 40.5 Å². The van der Waals surface area contributed by atoms with Crippen molar-refractivity contribution in [3.63, 3.8) is 0 Å². The van der Waals surface area contributed by atoms with E-state index in [1.165, 1.54) is 0 Å². The Kier molecular flexibility index (Phi) is 8.03. The zero-order valence-electron chi connectivity index (χ0n) is 17.3. The van der Waals surface area contributed by atoms with Crippen LogP contribution in [0.2, 0.25) is 0 Å². The number of ether oxygens (including phenoxy) is 1. The Labute approximate surface area is 183 Å². The molecule has 0 saturated heterocycles. The predicted molar refractivity (Wildman–Crippen MR) is 130 cm³/mol. The summed E-state index contributed by atoms with van der Waals surface area (Å²) in [6.07, 6.45) is 1.63. The lowest BCUT2D eigenvalue weighted by Crippen LogP contribution is -2.34. The lowest BCUT2D eigenvalue weighted by atomic mass is 10.4. The van der Waals surface area contributed by atoms with Crippen molar-refractivity contribution in [3.05, 3.63) is 104 Å². The summed E-state index contributed by atoms with van der Waals surface area (Å²) in [5.74, 6) is 1.64. The van der Waals surface area contributed by atoms with Crippen LogP contribution >= 0.6 is 6.89 Å². The van der Waals surface area contributed by atoms with Gasteiger partial charge in [0.1, 0.15) is 0 Å². The van der Waals surface area contributed by atoms with E-state index in [9.17, 15) is 9.59 Å². The van der Waals surface area contributed by atoms with Gasteiger partial charge >= 0.3 is 6.09 Å². The van der Waals surface area contributed by atoms with Crippen LogP contribution in [0.5, 0.6) is 0 Å². The van der Waals surface area contributed by atoms with Gasteiger partial charge in [0.05, 0.1) is 13.2 Å². The molecule has 3 rings (SSSR count). The Balaban J connectivity index is 2.04. The number of hydrogen-bond donors (Lipinski definition) is 1. The van der Waals surface area contributed by atoms with E-state index in [1.54, 1.807) is 11.9 Å². The topological polar surface area (TPSA) is 55.4 Å². The monoisotopic (exact) mass is 431 g/mol. The summed E-state index contributed by atoms with van der Waals surface area (Å²) in [5.41, 5.74) is 0. The van der Waals surface area contributed by atoms with E-state index in [0.717, 1.165) is 15.9 Å². The van der Waals surface area contributed by atoms with Gasteiger partial charge in [0.15, 0.2) is 5.78 Å². The lowest BCUT2D eigenvalue weighted by Gasteiger charge is -2.28. The number of amides is 1. The molecule has 5 heteroatoms. The molecule has 0 fully saturated rings. The van der Waals surface area contributed by atoms with Crippen molar-refractivity contribution in [2.45, 2.75) is 6.42 Å². The number of ketones is 1. The molecule has 158 valence electrons. The minimum atomic E-state index is -2.38. The van der Waals surface area contributed by atoms with E-state index in [2.05, 4.69) is 48.3 Å². The fourth-order valence-corrected chi connectivity index (χ4v) is 7.16. The molecule has 0 aliphatic heterocycles. The molecule has 1 amide bonds. The van der Waals surface area contributed by atoms with Gasteiger partial charge in [-0.15, -0.1) is 6.58 Å².